The van der Waals surface area contributed by atoms with Crippen LogP contribution in [0.3, 0.4) is 0 Å². The van der Waals surface area contributed by atoms with Crippen LogP contribution in [-0.2, 0) is 0 Å². The quantitative estimate of drug-likeness (QED) is 0.0204. The number of halogens is 16. The number of hydrogen-bond donors (Lipinski definition) is 0. The molecule has 7 aromatic carbocycles. The fourth-order valence-electron chi connectivity index (χ4n) is 13.3. The molecule has 0 saturated carbocycles. The summed E-state index contributed by atoms with van der Waals surface area (Å²) >= 11 is -4.30. The van der Waals surface area contributed by atoms with E-state index in [9.17, 15) is 0 Å². The van der Waals surface area contributed by atoms with E-state index in [1.165, 1.54) is 16.7 Å². The molecular weight excluding hydrogens is 1360 g/mol. The van der Waals surface area contributed by atoms with Crippen LogP contribution in [0.1, 0.15) is 203 Å². The minimum atomic E-state index is -6.44. The monoisotopic (exact) mass is 1430 g/mol. The van der Waals surface area contributed by atoms with E-state index < -0.39 is 152 Å². The summed E-state index contributed by atoms with van der Waals surface area (Å²) in [6, 6.07) is 21.2. The van der Waals surface area contributed by atoms with Crippen molar-refractivity contribution in [3.8, 4) is 22.7 Å². The van der Waals surface area contributed by atoms with Gasteiger partial charge in [0.15, 0.2) is 0 Å². The Bertz CT molecular complexity index is 4140. The van der Waals surface area contributed by atoms with Crippen LogP contribution in [-0.4, -0.2) is 33.1 Å². The third kappa shape index (κ3) is 11.9. The zero-order valence-corrected chi connectivity index (χ0v) is 58.6. The second-order valence-electron chi connectivity index (χ2n) is 26.5. The Morgan fingerprint density at radius 1 is 0.347 bits per heavy atom. The van der Waals surface area contributed by atoms with E-state index in [0.717, 1.165) is 44.4 Å². The van der Waals surface area contributed by atoms with Crippen LogP contribution in [0.5, 0.6) is 0 Å². The van der Waals surface area contributed by atoms with Gasteiger partial charge in [0.05, 0.1) is 0 Å². The zero-order valence-electron chi connectivity index (χ0n) is 55.1. The molecule has 0 fully saturated rings. The summed E-state index contributed by atoms with van der Waals surface area (Å²) in [4.78, 5) is 0. The fourth-order valence-corrected chi connectivity index (χ4v) is 21.2. The SMILES string of the molecule is CC(C)c1cccc(C(C)C)c1-n1c([B-](c2c(F)c(F)c(F)c(F)c2F)(c2c(F)c(F)c(F)c(F)c2F)c2c(F)c(F)c(F)c(F)c2F)c[n+](-c2c(C(C)C)cccc2C(C)C)c1[As](Cl)P=c1n(-c2c(C(C)C)cccc2C(C)C)ccn1-c1c(C(C)C)cccc1C(C)C. The number of hydrogen-bond acceptors (Lipinski definition) is 0. The molecule has 0 N–H and O–H groups in total. The Balaban J connectivity index is 1.77. The Hall–Kier alpha value is -6.88. The Morgan fingerprint density at radius 2 is 0.579 bits per heavy atom. The van der Waals surface area contributed by atoms with Crippen LogP contribution in [0.2, 0.25) is 0 Å². The molecule has 2 aromatic heterocycles. The zero-order chi connectivity index (χ0) is 70.4. The number of para-hydroxylation sites is 4. The van der Waals surface area contributed by atoms with Crippen molar-refractivity contribution in [3.63, 3.8) is 0 Å². The maximum atomic E-state index is 18.2. The van der Waals surface area contributed by atoms with E-state index in [0.29, 0.717) is 16.3 Å². The Morgan fingerprint density at radius 3 is 0.832 bits per heavy atom. The molecule has 0 saturated heterocycles. The maximum absolute atomic E-state index is 18.2. The van der Waals surface area contributed by atoms with E-state index in [4.69, 9.17) is 9.95 Å². The molecule has 9 aromatic rings. The first-order valence-corrected chi connectivity index (χ1v) is 38.0. The van der Waals surface area contributed by atoms with Crippen LogP contribution in [0.15, 0.2) is 91.4 Å². The van der Waals surface area contributed by atoms with Gasteiger partial charge < -0.3 is 0 Å². The van der Waals surface area contributed by atoms with Gasteiger partial charge in [-0.2, -0.15) is 0 Å². The second-order valence-corrected chi connectivity index (χ2v) is 35.3. The van der Waals surface area contributed by atoms with Crippen molar-refractivity contribution in [3.05, 3.63) is 228 Å². The molecule has 0 radical (unpaired) electrons. The molecule has 95 heavy (non-hydrogen) atoms. The van der Waals surface area contributed by atoms with Crippen molar-refractivity contribution in [1.29, 1.82) is 0 Å². The average Bonchev–Trinajstić information content (AvgIpc) is 1.67. The van der Waals surface area contributed by atoms with Crippen molar-refractivity contribution in [2.45, 2.75) is 158 Å². The molecule has 4 nitrogen and oxygen atoms in total. The predicted molar refractivity (Wildman–Crippen MR) is 349 cm³/mol. The number of imidazole rings is 2. The van der Waals surface area contributed by atoms with Crippen molar-refractivity contribution < 1.29 is 70.4 Å². The third-order valence-corrected chi connectivity index (χ3v) is 25.3. The number of nitrogens with zero attached hydrogens (tertiary/aromatic N) is 4. The van der Waals surface area contributed by atoms with Crippen LogP contribution in [0, 0.1) is 92.5 Å². The van der Waals surface area contributed by atoms with Gasteiger partial charge in [0.2, 0.25) is 0 Å². The summed E-state index contributed by atoms with van der Waals surface area (Å²) in [5.74, 6) is -49.7. The molecule has 0 aliphatic heterocycles. The summed E-state index contributed by atoms with van der Waals surface area (Å²) in [7, 11) is 8.59. The average molecular weight is 1430 g/mol. The molecule has 1 unspecified atom stereocenters. The van der Waals surface area contributed by atoms with Crippen molar-refractivity contribution in [2.24, 2.45) is 0 Å². The van der Waals surface area contributed by atoms with Gasteiger partial charge in [0.25, 0.3) is 0 Å². The van der Waals surface area contributed by atoms with Gasteiger partial charge in [0, 0.05) is 0 Å². The molecule has 1 atom stereocenters. The third-order valence-electron chi connectivity index (χ3n) is 17.9. The van der Waals surface area contributed by atoms with Crippen LogP contribution in [0.25, 0.3) is 22.7 Å². The number of benzene rings is 7. The van der Waals surface area contributed by atoms with Crippen LogP contribution >= 0.6 is 16.7 Å². The van der Waals surface area contributed by atoms with Crippen molar-refractivity contribution in [1.82, 2.24) is 13.7 Å². The van der Waals surface area contributed by atoms with Gasteiger partial charge in [-0.05, 0) is 0 Å². The molecule has 504 valence electrons. The molecule has 23 heteroatoms. The van der Waals surface area contributed by atoms with E-state index in [1.54, 1.807) is 79.7 Å². The topological polar surface area (TPSA) is 18.7 Å². The second kappa shape index (κ2) is 27.6. The minimum absolute atomic E-state index is 0.0792. The number of aromatic nitrogens is 4. The summed E-state index contributed by atoms with van der Waals surface area (Å²) in [5, 5.41) is 0.407. The summed E-state index contributed by atoms with van der Waals surface area (Å²) in [5.41, 5.74) is -3.96. The first-order chi connectivity index (χ1) is 44.5. The standard InChI is InChI=1S/C72H71AsBClF15N4P/c1-32(2)40-21-17-22-41(33(3)4)67(40)91-29-30-92(68-42(34(5)6)23-18-24-43(68)35(7)8)72(91)95-73(75)71-93(69-44(36(9)10)25-19-26-45(69)37(11)12)31-48(94(71)70-46(38(13)14)27-20-28-47(70)39(15)16)74(49-52(76)58(82)64(88)59(83)53(49)77,50-54(78)60(84)65(89)61(85)55(50)79)51-56(80)62(86)66(90)63(87)57(51)81/h17-39H,1-16H3. The van der Waals surface area contributed by atoms with Crippen molar-refractivity contribution >= 4 is 62.7 Å². The van der Waals surface area contributed by atoms with Gasteiger partial charge in [-0.3, -0.25) is 0 Å². The molecule has 9 rings (SSSR count). The number of rotatable bonds is 18. The molecule has 0 spiro atoms. The van der Waals surface area contributed by atoms with E-state index in [-0.39, 0.29) is 57.5 Å². The summed E-state index contributed by atoms with van der Waals surface area (Å²) in [6.45, 7) is 29.7. The van der Waals surface area contributed by atoms with Crippen molar-refractivity contribution in [2.75, 3.05) is 0 Å². The van der Waals surface area contributed by atoms with Gasteiger partial charge in [-0.1, -0.05) is 0 Å². The first-order valence-electron chi connectivity index (χ1n) is 31.2. The van der Waals surface area contributed by atoms with Gasteiger partial charge >= 0.3 is 556 Å². The van der Waals surface area contributed by atoms with Gasteiger partial charge in [0.1, 0.15) is 0 Å². The molecular formula is C72H71AsBClF15N4P. The normalized spacial score (nSPS) is 12.8. The van der Waals surface area contributed by atoms with E-state index in [1.807, 2.05) is 113 Å². The van der Waals surface area contributed by atoms with Gasteiger partial charge in [-0.25, -0.2) is 0 Å². The first kappa shape index (κ1) is 72.4. The van der Waals surface area contributed by atoms with Crippen LogP contribution in [0.4, 0.5) is 65.9 Å². The molecule has 0 aliphatic rings. The Kier molecular flexibility index (Phi) is 21.0. The van der Waals surface area contributed by atoms with Crippen LogP contribution < -0.4 is 31.2 Å². The molecule has 0 aliphatic carbocycles. The summed E-state index contributed by atoms with van der Waals surface area (Å²) in [6.07, 6.45) is -2.04. The Labute approximate surface area is 553 Å². The summed E-state index contributed by atoms with van der Waals surface area (Å²) < 4.78 is 263. The molecule has 2 heterocycles. The fraction of sp³-hybridized carbons (Fsp3) is 0.333. The van der Waals surface area contributed by atoms with E-state index >= 15 is 65.9 Å². The molecule has 0 amide bonds. The predicted octanol–water partition coefficient (Wildman–Crippen LogP) is 18.9. The van der Waals surface area contributed by atoms with Gasteiger partial charge in [-0.15, -0.1) is 0 Å². The molecule has 0 bridgehead atoms. The van der Waals surface area contributed by atoms with E-state index in [2.05, 4.69) is 0 Å².